The second-order valence-corrected chi connectivity index (χ2v) is 14.5. The molecule has 1 aliphatic rings. The lowest BCUT2D eigenvalue weighted by Gasteiger charge is -2.08. The van der Waals surface area contributed by atoms with Gasteiger partial charge in [0.15, 0.2) is 15.5 Å². The molecule has 0 saturated heterocycles. The molecule has 48 heavy (non-hydrogen) atoms. The molecule has 0 amide bonds. The third-order valence-electron chi connectivity index (χ3n) is 7.10. The highest BCUT2D eigenvalue weighted by molar-refractivity contribution is 7.90. The van der Waals surface area contributed by atoms with Crippen molar-refractivity contribution in [1.29, 1.82) is 0 Å². The van der Waals surface area contributed by atoms with Crippen molar-refractivity contribution in [1.82, 2.24) is 9.78 Å². The van der Waals surface area contributed by atoms with Crippen LogP contribution in [0.15, 0.2) is 119 Å². The molecule has 6 rings (SSSR count). The normalized spacial score (nSPS) is 13.6. The number of sulfonamides is 1. The Morgan fingerprint density at radius 1 is 0.792 bits per heavy atom. The third-order valence-corrected chi connectivity index (χ3v) is 9.41. The van der Waals surface area contributed by atoms with Gasteiger partial charge in [-0.05, 0) is 65.7 Å². The molecule has 0 unspecified atom stereocenters. The number of rotatable bonds is 6. The van der Waals surface area contributed by atoms with Crippen molar-refractivity contribution >= 4 is 48.6 Å². The van der Waals surface area contributed by atoms with Crippen LogP contribution in [0.4, 0.5) is 13.2 Å². The van der Waals surface area contributed by atoms with E-state index >= 15 is 0 Å². The summed E-state index contributed by atoms with van der Waals surface area (Å²) in [5, 5.41) is 9.09. The van der Waals surface area contributed by atoms with Gasteiger partial charge in [0.1, 0.15) is 6.61 Å². The first-order chi connectivity index (χ1) is 22.5. The fourth-order valence-electron chi connectivity index (χ4n) is 4.75. The Hall–Kier alpha value is -4.76. The molecule has 0 bridgehead atoms. The molecule has 0 radical (unpaired) electrons. The fraction of sp³-hybridized carbons (Fsp3) is 0.0909. The summed E-state index contributed by atoms with van der Waals surface area (Å²) in [7, 11) is -7.14. The number of carbonyl (C=O) groups is 1. The summed E-state index contributed by atoms with van der Waals surface area (Å²) in [6.45, 7) is 0.196. The summed E-state index contributed by atoms with van der Waals surface area (Å²) in [5.41, 5.74) is 2.72. The Bertz CT molecular complexity index is 2220. The van der Waals surface area contributed by atoms with Gasteiger partial charge in [-0.1, -0.05) is 66.2 Å². The van der Waals surface area contributed by atoms with E-state index in [0.29, 0.717) is 16.2 Å². The number of halogens is 4. The molecule has 2 heterocycles. The topological polar surface area (TPSA) is 138 Å². The van der Waals surface area contributed by atoms with E-state index in [-0.39, 0.29) is 33.7 Å². The first-order valence-corrected chi connectivity index (χ1v) is 17.7. The summed E-state index contributed by atoms with van der Waals surface area (Å²) in [4.78, 5) is 12.1. The summed E-state index contributed by atoms with van der Waals surface area (Å²) < 4.78 is 91.2. The molecule has 4 aromatic carbocycles. The zero-order valence-electron chi connectivity index (χ0n) is 24.8. The van der Waals surface area contributed by atoms with Crippen LogP contribution in [0, 0.1) is 0 Å². The van der Waals surface area contributed by atoms with E-state index in [1.165, 1.54) is 30.5 Å². The average Bonchev–Trinajstić information content (AvgIpc) is 3.66. The number of primary sulfonamides is 1. The first kappa shape index (κ1) is 34.6. The van der Waals surface area contributed by atoms with Crippen molar-refractivity contribution in [3.63, 3.8) is 0 Å². The van der Waals surface area contributed by atoms with Crippen molar-refractivity contribution < 1.29 is 39.5 Å². The number of nitrogens with two attached hydrogens (primary N) is 1. The Balaban J connectivity index is 0.000000190. The van der Waals surface area contributed by atoms with Gasteiger partial charge in [-0.25, -0.2) is 31.5 Å². The van der Waals surface area contributed by atoms with Gasteiger partial charge < -0.3 is 4.74 Å². The van der Waals surface area contributed by atoms with Crippen molar-refractivity contribution in [3.05, 3.63) is 131 Å². The van der Waals surface area contributed by atoms with Crippen molar-refractivity contribution in [2.75, 3.05) is 12.9 Å². The van der Waals surface area contributed by atoms with E-state index in [2.05, 4.69) is 5.10 Å². The van der Waals surface area contributed by atoms with Gasteiger partial charge in [0.2, 0.25) is 10.0 Å². The number of aromatic nitrogens is 2. The maximum absolute atomic E-state index is 13.1. The summed E-state index contributed by atoms with van der Waals surface area (Å²) in [6, 6.07) is 28.0. The minimum Gasteiger partial charge on any atom is -0.457 e. The lowest BCUT2D eigenvalue weighted by molar-refractivity contribution is -0.141. The van der Waals surface area contributed by atoms with Gasteiger partial charge >= 0.3 is 12.1 Å². The fourth-order valence-corrected chi connectivity index (χ4v) is 6.02. The number of hydrogen-bond acceptors (Lipinski definition) is 7. The number of alkyl halides is 3. The van der Waals surface area contributed by atoms with Gasteiger partial charge in [-0.3, -0.25) is 0 Å². The highest BCUT2D eigenvalue weighted by Crippen LogP contribution is 2.35. The molecule has 15 heteroatoms. The van der Waals surface area contributed by atoms with Crippen molar-refractivity contribution in [2.24, 2.45) is 5.14 Å². The number of esters is 1. The van der Waals surface area contributed by atoms with E-state index < -0.39 is 31.7 Å². The van der Waals surface area contributed by atoms with Crippen LogP contribution < -0.4 is 5.14 Å². The van der Waals surface area contributed by atoms with E-state index in [9.17, 15) is 34.8 Å². The zero-order valence-corrected chi connectivity index (χ0v) is 27.2. The Labute approximate surface area is 279 Å². The minimum absolute atomic E-state index is 0.155. The lowest BCUT2D eigenvalue weighted by atomic mass is 9.97. The molecule has 0 atom stereocenters. The largest absolute Gasteiger partial charge is 0.457 e. The molecule has 1 aliphatic heterocycles. The predicted octanol–water partition coefficient (Wildman–Crippen LogP) is 6.42. The smallest absolute Gasteiger partial charge is 0.435 e. The Morgan fingerprint density at radius 2 is 1.35 bits per heavy atom. The monoisotopic (exact) mass is 715 g/mol. The van der Waals surface area contributed by atoms with Crippen molar-refractivity contribution in [2.45, 2.75) is 16.0 Å². The maximum Gasteiger partial charge on any atom is 0.435 e. The van der Waals surface area contributed by atoms with Crippen LogP contribution in [-0.4, -0.2) is 45.4 Å². The molecule has 5 aromatic rings. The molecule has 1 aromatic heterocycles. The molecule has 0 aliphatic carbocycles. The number of nitrogens with zero attached hydrogens (tertiary/aromatic N) is 2. The quantitative estimate of drug-likeness (QED) is 0.200. The van der Waals surface area contributed by atoms with Crippen LogP contribution in [0.2, 0.25) is 5.02 Å². The minimum atomic E-state index is -4.63. The molecule has 0 saturated carbocycles. The maximum atomic E-state index is 13.1. The molecule has 0 fully saturated rings. The van der Waals surface area contributed by atoms with Gasteiger partial charge in [-0.15, -0.1) is 0 Å². The molecule has 248 valence electrons. The Kier molecular flexibility index (Phi) is 9.65. The molecule has 9 nitrogen and oxygen atoms in total. The number of cyclic esters (lactones) is 1. The predicted molar refractivity (Wildman–Crippen MR) is 174 cm³/mol. The van der Waals surface area contributed by atoms with Crippen LogP contribution in [0.5, 0.6) is 0 Å². The summed E-state index contributed by atoms with van der Waals surface area (Å²) in [5.74, 6) is -0.353. The van der Waals surface area contributed by atoms with E-state index in [0.717, 1.165) is 27.4 Å². The average molecular weight is 716 g/mol. The molecule has 2 N–H and O–H groups in total. The third kappa shape index (κ3) is 7.85. The summed E-state index contributed by atoms with van der Waals surface area (Å²) >= 11 is 5.82. The zero-order chi connectivity index (χ0) is 34.9. The number of sulfone groups is 1. The van der Waals surface area contributed by atoms with E-state index in [4.69, 9.17) is 21.5 Å². The second-order valence-electron chi connectivity index (χ2n) is 10.5. The van der Waals surface area contributed by atoms with Gasteiger partial charge in [0, 0.05) is 22.4 Å². The van der Waals surface area contributed by atoms with Crippen LogP contribution in [0.1, 0.15) is 16.8 Å². The number of hydrogen-bond donors (Lipinski definition) is 1. The first-order valence-electron chi connectivity index (χ1n) is 13.8. The van der Waals surface area contributed by atoms with Crippen molar-refractivity contribution in [3.8, 4) is 16.9 Å². The molecular formula is C33H25ClF3N3O6S2. The van der Waals surface area contributed by atoms with Crippen LogP contribution in [0.3, 0.4) is 0 Å². The number of benzene rings is 4. The van der Waals surface area contributed by atoms with Gasteiger partial charge in [0.05, 0.1) is 26.7 Å². The van der Waals surface area contributed by atoms with Crippen LogP contribution in [-0.2, 0) is 35.6 Å². The van der Waals surface area contributed by atoms with Crippen LogP contribution in [0.25, 0.3) is 28.1 Å². The van der Waals surface area contributed by atoms with Gasteiger partial charge in [0.25, 0.3) is 0 Å². The molecular weight excluding hydrogens is 691 g/mol. The summed E-state index contributed by atoms with van der Waals surface area (Å²) in [6.07, 6.45) is -3.47. The van der Waals surface area contributed by atoms with Gasteiger partial charge in [-0.2, -0.15) is 18.3 Å². The van der Waals surface area contributed by atoms with E-state index in [1.54, 1.807) is 48.5 Å². The SMILES string of the molecule is CS(=O)(=O)c1ccc(C2=C(c3ccccc3)C(=O)OC2)cc1.NS(=O)(=O)c1ccc(-n2nc(C(F)(F)F)cc2-c2ccc(Cl)cc2)cc1. The standard InChI is InChI=1S/C17H14O4S.C16H11ClF3N3O2S/c1-22(19,20)14-9-7-12(8-10-14)15-11-21-17(18)16(15)13-5-3-2-4-6-13;17-11-3-1-10(2-4-11)14-9-15(16(18,19)20)22-23(14)12-5-7-13(8-6-12)26(21,24)25/h2-10H,11H2,1H3;1-9H,(H2,21,24,25). The van der Waals surface area contributed by atoms with Crippen LogP contribution >= 0.6 is 11.6 Å². The molecule has 0 spiro atoms. The highest BCUT2D eigenvalue weighted by atomic mass is 35.5. The number of ether oxygens (including phenoxy) is 1. The Morgan fingerprint density at radius 3 is 1.90 bits per heavy atom. The number of carbonyl (C=O) groups excluding carboxylic acids is 1. The highest BCUT2D eigenvalue weighted by Gasteiger charge is 2.35. The second kappa shape index (κ2) is 13.4. The van der Waals surface area contributed by atoms with E-state index in [1.807, 2.05) is 30.3 Å². The lowest BCUT2D eigenvalue weighted by Crippen LogP contribution is -2.12.